The van der Waals surface area contributed by atoms with E-state index in [0.29, 0.717) is 28.0 Å². The number of carboxylic acid groups (broad SMARTS) is 1. The molecule has 2 aromatic rings. The Morgan fingerprint density at radius 3 is 2.67 bits per heavy atom. The van der Waals surface area contributed by atoms with E-state index in [1.54, 1.807) is 25.1 Å². The number of aryl methyl sites for hydroxylation is 1. The number of hydrogen-bond acceptors (Lipinski definition) is 6. The molecular weight excluding hydrogens is 428 g/mol. The predicted octanol–water partition coefficient (Wildman–Crippen LogP) is 4.40. The van der Waals surface area contributed by atoms with Gasteiger partial charge < -0.3 is 19.9 Å². The van der Waals surface area contributed by atoms with Crippen LogP contribution in [0.25, 0.3) is 6.08 Å². The minimum atomic E-state index is -1.13. The Balaban J connectivity index is 1.85. The Hall–Kier alpha value is -2.97. The highest BCUT2D eigenvalue weighted by Crippen LogP contribution is 2.38. The number of nitrogens with zero attached hydrogens (tertiary/aromatic N) is 1. The van der Waals surface area contributed by atoms with Gasteiger partial charge in [-0.2, -0.15) is 0 Å². The highest BCUT2D eigenvalue weighted by atomic mass is 35.5. The summed E-state index contributed by atoms with van der Waals surface area (Å²) in [4.78, 5) is 28.0. The number of halogens is 1. The van der Waals surface area contributed by atoms with Crippen molar-refractivity contribution in [2.45, 2.75) is 13.8 Å². The van der Waals surface area contributed by atoms with Crippen molar-refractivity contribution < 1.29 is 24.2 Å². The summed E-state index contributed by atoms with van der Waals surface area (Å²) in [6.45, 7) is 3.57. The second-order valence-corrected chi connectivity index (χ2v) is 7.70. The van der Waals surface area contributed by atoms with Crippen molar-refractivity contribution in [1.82, 2.24) is 5.32 Å². The van der Waals surface area contributed by atoms with E-state index in [9.17, 15) is 9.59 Å². The first kappa shape index (κ1) is 21.7. The Kier molecular flexibility index (Phi) is 7.02. The van der Waals surface area contributed by atoms with Crippen molar-refractivity contribution >= 4 is 52.2 Å². The third-order valence-corrected chi connectivity index (χ3v) is 5.08. The molecule has 0 unspecified atom stereocenters. The Bertz CT molecular complexity index is 1030. The van der Waals surface area contributed by atoms with E-state index in [1.165, 1.54) is 11.8 Å². The molecule has 9 heteroatoms. The normalized spacial score (nSPS) is 16.0. The van der Waals surface area contributed by atoms with E-state index in [4.69, 9.17) is 26.2 Å². The Labute approximate surface area is 182 Å². The summed E-state index contributed by atoms with van der Waals surface area (Å²) in [6.07, 6.45) is 1.66. The van der Waals surface area contributed by atoms with Crippen LogP contribution in [0.1, 0.15) is 18.1 Å². The smallest absolute Gasteiger partial charge is 0.341 e. The zero-order valence-electron chi connectivity index (χ0n) is 16.3. The molecule has 2 N–H and O–H groups in total. The topological polar surface area (TPSA) is 97.2 Å². The van der Waals surface area contributed by atoms with Gasteiger partial charge >= 0.3 is 5.97 Å². The number of carboxylic acids is 1. The quantitative estimate of drug-likeness (QED) is 0.612. The molecule has 1 heterocycles. The van der Waals surface area contributed by atoms with Gasteiger partial charge in [-0.15, -0.1) is 0 Å². The van der Waals surface area contributed by atoms with Crippen LogP contribution in [0.5, 0.6) is 11.5 Å². The molecule has 0 aliphatic carbocycles. The molecule has 7 nitrogen and oxygen atoms in total. The molecule has 1 aliphatic heterocycles. The molecule has 3 rings (SSSR count). The van der Waals surface area contributed by atoms with Gasteiger partial charge in [0.2, 0.25) is 0 Å². The van der Waals surface area contributed by atoms with Gasteiger partial charge in [0.25, 0.3) is 5.91 Å². The van der Waals surface area contributed by atoms with E-state index < -0.39 is 12.6 Å². The summed E-state index contributed by atoms with van der Waals surface area (Å²) in [5.74, 6) is -0.950. The van der Waals surface area contributed by atoms with Crippen molar-refractivity contribution in [2.24, 2.45) is 4.99 Å². The maximum absolute atomic E-state index is 12.3. The fraction of sp³-hybridized carbons (Fsp3) is 0.190. The summed E-state index contributed by atoms with van der Waals surface area (Å²) >= 11 is 7.48. The summed E-state index contributed by atoms with van der Waals surface area (Å²) in [6, 6.07) is 10.9. The number of carbonyl (C=O) groups excluding carboxylic acids is 1. The maximum Gasteiger partial charge on any atom is 0.341 e. The molecule has 0 aromatic heterocycles. The largest absolute Gasteiger partial charge is 0.490 e. The van der Waals surface area contributed by atoms with Crippen molar-refractivity contribution in [2.75, 3.05) is 13.2 Å². The number of rotatable bonds is 7. The lowest BCUT2D eigenvalue weighted by Crippen LogP contribution is -2.19. The van der Waals surface area contributed by atoms with Crippen LogP contribution in [0.2, 0.25) is 5.02 Å². The van der Waals surface area contributed by atoms with Crippen LogP contribution in [0, 0.1) is 6.92 Å². The predicted molar refractivity (Wildman–Crippen MR) is 118 cm³/mol. The Morgan fingerprint density at radius 1 is 1.27 bits per heavy atom. The Morgan fingerprint density at radius 2 is 2.00 bits per heavy atom. The van der Waals surface area contributed by atoms with Gasteiger partial charge in [0.05, 0.1) is 22.2 Å². The molecule has 0 bridgehead atoms. The number of aliphatic carboxylic acids is 1. The number of aliphatic imine (C=N–C) groups is 1. The summed E-state index contributed by atoms with van der Waals surface area (Å²) < 4.78 is 10.8. The lowest BCUT2D eigenvalue weighted by atomic mass is 10.2. The first-order valence-electron chi connectivity index (χ1n) is 9.03. The van der Waals surface area contributed by atoms with E-state index >= 15 is 0 Å². The van der Waals surface area contributed by atoms with Crippen LogP contribution in [0.4, 0.5) is 5.69 Å². The first-order chi connectivity index (χ1) is 14.4. The molecule has 0 spiro atoms. The minimum Gasteiger partial charge on any atom is -0.490 e. The number of benzene rings is 2. The van der Waals surface area contributed by atoms with E-state index in [1.807, 2.05) is 31.2 Å². The van der Waals surface area contributed by atoms with Crippen LogP contribution in [-0.2, 0) is 9.59 Å². The fourth-order valence-electron chi connectivity index (χ4n) is 2.58. The molecule has 0 saturated carbocycles. The van der Waals surface area contributed by atoms with E-state index in [0.717, 1.165) is 11.3 Å². The SMILES string of the molecule is CCOc1cc(/C=C2\SC(=Nc3ccc(C)cc3)NC2=O)cc(Cl)c1OCC(=O)O. The van der Waals surface area contributed by atoms with Crippen LogP contribution < -0.4 is 14.8 Å². The molecule has 1 aliphatic rings. The molecule has 156 valence electrons. The summed E-state index contributed by atoms with van der Waals surface area (Å²) in [5.41, 5.74) is 2.48. The minimum absolute atomic E-state index is 0.146. The molecule has 1 amide bonds. The summed E-state index contributed by atoms with van der Waals surface area (Å²) in [7, 11) is 0. The molecule has 1 saturated heterocycles. The number of amides is 1. The number of ether oxygens (including phenoxy) is 2. The lowest BCUT2D eigenvalue weighted by molar-refractivity contribution is -0.139. The first-order valence-corrected chi connectivity index (χ1v) is 10.2. The van der Waals surface area contributed by atoms with Gasteiger partial charge in [-0.25, -0.2) is 9.79 Å². The average molecular weight is 447 g/mol. The second-order valence-electron chi connectivity index (χ2n) is 6.26. The van der Waals surface area contributed by atoms with Crippen molar-refractivity contribution in [3.63, 3.8) is 0 Å². The zero-order valence-corrected chi connectivity index (χ0v) is 17.8. The molecule has 30 heavy (non-hydrogen) atoms. The van der Waals surface area contributed by atoms with E-state index in [2.05, 4.69) is 10.3 Å². The fourth-order valence-corrected chi connectivity index (χ4v) is 3.69. The summed E-state index contributed by atoms with van der Waals surface area (Å²) in [5, 5.41) is 12.2. The van der Waals surface area contributed by atoms with Gasteiger partial charge in [-0.05, 0) is 61.5 Å². The van der Waals surface area contributed by atoms with Gasteiger partial charge in [0.15, 0.2) is 23.3 Å². The average Bonchev–Trinajstić information content (AvgIpc) is 3.02. The third-order valence-electron chi connectivity index (χ3n) is 3.88. The van der Waals surface area contributed by atoms with Crippen LogP contribution in [0.15, 0.2) is 46.3 Å². The molecule has 0 radical (unpaired) electrons. The highest BCUT2D eigenvalue weighted by molar-refractivity contribution is 8.18. The molecule has 2 aromatic carbocycles. The number of amidine groups is 1. The third kappa shape index (κ3) is 5.55. The standard InChI is InChI=1S/C21H19ClN2O5S/c1-3-28-16-9-13(8-15(22)19(16)29-11-18(25)26)10-17-20(27)24-21(30-17)23-14-6-4-12(2)5-7-14/h4-10H,3,11H2,1-2H3,(H,25,26)(H,23,24,27)/b17-10-. The number of nitrogens with one attached hydrogen (secondary N) is 1. The van der Waals surface area contributed by atoms with E-state index in [-0.39, 0.29) is 16.7 Å². The second kappa shape index (κ2) is 9.69. The molecular formula is C21H19ClN2O5S. The number of thioether (sulfide) groups is 1. The molecule has 0 atom stereocenters. The van der Waals surface area contributed by atoms with Crippen LogP contribution in [0.3, 0.4) is 0 Å². The van der Waals surface area contributed by atoms with Gasteiger partial charge in [-0.3, -0.25) is 4.79 Å². The monoisotopic (exact) mass is 446 g/mol. The van der Waals surface area contributed by atoms with Crippen molar-refractivity contribution in [3.05, 3.63) is 57.5 Å². The number of carbonyl (C=O) groups is 2. The number of hydrogen-bond donors (Lipinski definition) is 2. The zero-order chi connectivity index (χ0) is 21.7. The molecule has 1 fully saturated rings. The maximum atomic E-state index is 12.3. The van der Waals surface area contributed by atoms with Gasteiger partial charge in [0, 0.05) is 0 Å². The van der Waals surface area contributed by atoms with Gasteiger partial charge in [0.1, 0.15) is 0 Å². The van der Waals surface area contributed by atoms with Crippen LogP contribution in [-0.4, -0.2) is 35.4 Å². The lowest BCUT2D eigenvalue weighted by Gasteiger charge is -2.13. The highest BCUT2D eigenvalue weighted by Gasteiger charge is 2.24. The van der Waals surface area contributed by atoms with Crippen LogP contribution >= 0.6 is 23.4 Å². The van der Waals surface area contributed by atoms with Gasteiger partial charge in [-0.1, -0.05) is 29.3 Å². The van der Waals surface area contributed by atoms with Crippen molar-refractivity contribution in [3.8, 4) is 11.5 Å². The van der Waals surface area contributed by atoms with Crippen molar-refractivity contribution in [1.29, 1.82) is 0 Å².